The van der Waals surface area contributed by atoms with E-state index in [1.54, 1.807) is 0 Å². The Morgan fingerprint density at radius 2 is 1.48 bits per heavy atom. The first kappa shape index (κ1) is 19.3. The zero-order chi connectivity index (χ0) is 18.4. The number of ether oxygens (including phenoxy) is 1. The second kappa shape index (κ2) is 5.39. The molecule has 17 heteroatoms. The van der Waals surface area contributed by atoms with Crippen molar-refractivity contribution >= 4 is 32.0 Å². The minimum absolute atomic E-state index is 0.970. The van der Waals surface area contributed by atoms with Gasteiger partial charge in [-0.25, -0.2) is 10.1 Å². The number of sulfonamides is 2. The van der Waals surface area contributed by atoms with Crippen LogP contribution in [0.3, 0.4) is 0 Å². The van der Waals surface area contributed by atoms with E-state index in [9.17, 15) is 48.0 Å². The maximum absolute atomic E-state index is 12.4. The van der Waals surface area contributed by atoms with Gasteiger partial charge < -0.3 is 9.84 Å². The maximum atomic E-state index is 12.4. The summed E-state index contributed by atoms with van der Waals surface area (Å²) in [5.41, 5.74) is -12.9. The molecular weight excluding hydrogens is 390 g/mol. The molecular formula is C6H5F6N2O7S2+. The monoisotopic (exact) mass is 395 g/mol. The molecule has 23 heavy (non-hydrogen) atoms. The molecule has 0 saturated carbocycles. The van der Waals surface area contributed by atoms with Crippen LogP contribution in [0.15, 0.2) is 0 Å². The number of alkyl halides is 6. The molecule has 1 saturated heterocycles. The Balaban J connectivity index is 3.71. The normalized spacial score (nSPS) is 19.9. The zero-order valence-corrected chi connectivity index (χ0v) is 11.8. The molecule has 0 bridgehead atoms. The fourth-order valence-corrected chi connectivity index (χ4v) is 3.75. The smallest absolute Gasteiger partial charge is 0.478 e. The number of rotatable bonds is 3. The molecule has 0 radical (unpaired) electrons. The van der Waals surface area contributed by atoms with Crippen LogP contribution in [-0.2, 0) is 29.6 Å². The number of aliphatic carboxylic acids is 1. The van der Waals surface area contributed by atoms with Crippen LogP contribution in [0.4, 0.5) is 26.3 Å². The lowest BCUT2D eigenvalue weighted by molar-refractivity contribution is -0.247. The standard InChI is InChI=1S/C6H4F6N2O7S2/c7-5(8,9)22(17,18)14(23(19,20)6(10,11)12)4-13-1-2(21-4)3(15)16/h2H,1H2,(H,15,16)/p+1. The third-order valence-electron chi connectivity index (χ3n) is 2.16. The SMILES string of the molecule is O=C(O)C1CNC(=[N+](S(=O)(=O)C(F)(F)F)S(=O)(=O)C(F)(F)F)O1. The summed E-state index contributed by atoms with van der Waals surface area (Å²) >= 11 is 0. The largest absolute Gasteiger partial charge is 0.538 e. The van der Waals surface area contributed by atoms with Gasteiger partial charge in [0.15, 0.2) is 0 Å². The zero-order valence-electron chi connectivity index (χ0n) is 10.2. The predicted octanol–water partition coefficient (Wildman–Crippen LogP) is -0.873. The Bertz CT molecular complexity index is 703. The average Bonchev–Trinajstić information content (AvgIpc) is 2.74. The molecule has 9 nitrogen and oxygen atoms in total. The lowest BCUT2D eigenvalue weighted by atomic mass is 10.4. The minimum atomic E-state index is -7.10. The summed E-state index contributed by atoms with van der Waals surface area (Å²) in [6, 6.07) is -2.05. The second-order valence-electron chi connectivity index (χ2n) is 3.73. The molecule has 0 spiro atoms. The fraction of sp³-hybridized carbons (Fsp3) is 0.667. The van der Waals surface area contributed by atoms with E-state index < -0.39 is 59.1 Å². The topological polar surface area (TPSA) is 130 Å². The molecule has 0 aliphatic carbocycles. The summed E-state index contributed by atoms with van der Waals surface area (Å²) in [7, 11) is -14.2. The van der Waals surface area contributed by atoms with Crippen LogP contribution in [0, 0.1) is 0 Å². The van der Waals surface area contributed by atoms with Gasteiger partial charge in [0.1, 0.15) is 6.54 Å². The molecule has 134 valence electrons. The highest BCUT2D eigenvalue weighted by atomic mass is 32.3. The van der Waals surface area contributed by atoms with Crippen molar-refractivity contribution in [1.82, 2.24) is 5.32 Å². The van der Waals surface area contributed by atoms with Crippen molar-refractivity contribution in [3.8, 4) is 0 Å². The Morgan fingerprint density at radius 3 is 1.74 bits per heavy atom. The minimum Gasteiger partial charge on any atom is -0.478 e. The van der Waals surface area contributed by atoms with Crippen LogP contribution in [0.1, 0.15) is 0 Å². The summed E-state index contributed by atoms with van der Waals surface area (Å²) < 4.78 is 121. The van der Waals surface area contributed by atoms with Crippen molar-refractivity contribution in [2.75, 3.05) is 6.54 Å². The molecule has 1 rings (SSSR count). The van der Waals surface area contributed by atoms with E-state index in [4.69, 9.17) is 5.11 Å². The van der Waals surface area contributed by atoms with Gasteiger partial charge in [-0.05, 0) is 0 Å². The van der Waals surface area contributed by atoms with Crippen LogP contribution in [0.25, 0.3) is 0 Å². The van der Waals surface area contributed by atoms with Crippen LogP contribution in [-0.4, -0.2) is 61.0 Å². The van der Waals surface area contributed by atoms with Crippen LogP contribution in [0.2, 0.25) is 0 Å². The Labute approximate surface area is 123 Å². The fourth-order valence-electron chi connectivity index (χ4n) is 1.18. The van der Waals surface area contributed by atoms with Gasteiger partial charge in [0, 0.05) is 3.39 Å². The van der Waals surface area contributed by atoms with Gasteiger partial charge in [0.25, 0.3) is 0 Å². The third kappa shape index (κ3) is 3.28. The van der Waals surface area contributed by atoms with E-state index in [0.717, 1.165) is 0 Å². The van der Waals surface area contributed by atoms with Crippen molar-refractivity contribution < 1.29 is 61.2 Å². The van der Waals surface area contributed by atoms with E-state index >= 15 is 0 Å². The van der Waals surface area contributed by atoms with Crippen molar-refractivity contribution in [1.29, 1.82) is 0 Å². The second-order valence-corrected chi connectivity index (χ2v) is 7.52. The van der Waals surface area contributed by atoms with Gasteiger partial charge in [0.05, 0.1) is 0 Å². The highest BCUT2D eigenvalue weighted by Crippen LogP contribution is 2.32. The van der Waals surface area contributed by atoms with Crippen LogP contribution in [0.5, 0.6) is 0 Å². The summed E-state index contributed by atoms with van der Waals surface area (Å²) in [6.45, 7) is -0.970. The molecule has 0 aromatic rings. The number of carboxylic acids is 1. The van der Waals surface area contributed by atoms with Gasteiger partial charge >= 0.3 is 43.1 Å². The van der Waals surface area contributed by atoms with Gasteiger partial charge in [0.2, 0.25) is 6.10 Å². The van der Waals surface area contributed by atoms with Gasteiger partial charge in [-0.3, -0.25) is 0 Å². The summed E-state index contributed by atoms with van der Waals surface area (Å²) in [4.78, 5) is 10.5. The van der Waals surface area contributed by atoms with Gasteiger partial charge in [-0.1, -0.05) is 0 Å². The number of hydrogen-bond donors (Lipinski definition) is 2. The summed E-state index contributed by atoms with van der Waals surface area (Å²) in [6.07, 6.45) is -2.10. The number of carboxylic acid groups (broad SMARTS) is 1. The molecule has 0 aromatic carbocycles. The summed E-state index contributed by atoms with van der Waals surface area (Å²) in [5, 5.41) is 9.92. The molecule has 0 aromatic heterocycles. The Kier molecular flexibility index (Phi) is 4.52. The van der Waals surface area contributed by atoms with Crippen LogP contribution >= 0.6 is 0 Å². The maximum Gasteiger partial charge on any atom is 0.538 e. The lowest BCUT2D eigenvalue weighted by Crippen LogP contribution is -2.48. The van der Waals surface area contributed by atoms with Gasteiger partial charge in [-0.15, -0.1) is 0 Å². The van der Waals surface area contributed by atoms with Gasteiger partial charge in [-0.2, -0.15) is 43.2 Å². The van der Waals surface area contributed by atoms with E-state index in [1.165, 1.54) is 5.32 Å². The van der Waals surface area contributed by atoms with E-state index in [0.29, 0.717) is 0 Å². The number of nitrogens with zero attached hydrogens (tertiary/aromatic N) is 1. The molecule has 2 N–H and O–H groups in total. The van der Waals surface area contributed by atoms with Crippen molar-refractivity contribution in [2.24, 2.45) is 0 Å². The molecule has 1 aliphatic heterocycles. The lowest BCUT2D eigenvalue weighted by Gasteiger charge is -2.13. The molecule has 1 unspecified atom stereocenters. The number of carbonyl (C=O) groups is 1. The quantitative estimate of drug-likeness (QED) is 0.466. The van der Waals surface area contributed by atoms with Crippen molar-refractivity contribution in [2.45, 2.75) is 17.1 Å². The number of halogens is 6. The number of amidine groups is 1. The van der Waals surface area contributed by atoms with E-state index in [-0.39, 0.29) is 0 Å². The number of hydrogen-bond acceptors (Lipinski definition) is 6. The Hall–Kier alpha value is -1.78. The Morgan fingerprint density at radius 1 is 1.09 bits per heavy atom. The molecule has 1 fully saturated rings. The molecule has 1 aliphatic rings. The average molecular weight is 395 g/mol. The molecule has 1 heterocycles. The first-order valence-electron chi connectivity index (χ1n) is 4.97. The summed E-state index contributed by atoms with van der Waals surface area (Å²) in [5.74, 6) is -1.89. The predicted molar refractivity (Wildman–Crippen MR) is 55.7 cm³/mol. The van der Waals surface area contributed by atoms with Crippen LogP contribution < -0.4 is 5.32 Å². The van der Waals surface area contributed by atoms with E-state index in [2.05, 4.69) is 4.74 Å². The van der Waals surface area contributed by atoms with E-state index in [1.807, 2.05) is 0 Å². The highest BCUT2D eigenvalue weighted by Gasteiger charge is 2.65. The highest BCUT2D eigenvalue weighted by molar-refractivity contribution is 7.98. The first-order valence-corrected chi connectivity index (χ1v) is 7.85. The van der Waals surface area contributed by atoms with Crippen molar-refractivity contribution in [3.63, 3.8) is 0 Å². The third-order valence-corrected chi connectivity index (χ3v) is 5.71. The van der Waals surface area contributed by atoms with Crippen molar-refractivity contribution in [3.05, 3.63) is 0 Å². The molecule has 1 atom stereocenters. The first-order chi connectivity index (χ1) is 10.0. The number of nitrogens with one attached hydrogen (secondary N) is 1. The molecule has 0 amide bonds.